The van der Waals surface area contributed by atoms with Gasteiger partial charge < -0.3 is 4.74 Å². The normalized spacial score (nSPS) is 11.4. The molecule has 168 valence electrons. The number of hydrogen-bond donors (Lipinski definition) is 0. The van der Waals surface area contributed by atoms with E-state index < -0.39 is 9.84 Å². The number of aromatic nitrogens is 2. The molecule has 3 rings (SSSR count). The Balaban J connectivity index is 1.98. The zero-order chi connectivity index (χ0) is 23.6. The molecule has 0 saturated heterocycles. The molecule has 7 nitrogen and oxygen atoms in total. The zero-order valence-corrected chi connectivity index (χ0v) is 19.6. The molecule has 0 aliphatic rings. The molecule has 0 spiro atoms. The van der Waals surface area contributed by atoms with Crippen LogP contribution in [-0.2, 0) is 16.4 Å². The molecule has 0 radical (unpaired) electrons. The Hall–Kier alpha value is -3.26. The van der Waals surface area contributed by atoms with E-state index in [4.69, 9.17) is 4.74 Å². The molecule has 2 aromatic carbocycles. The molecular weight excluding hydrogens is 428 g/mol. The number of nitrogens with zero attached hydrogens (tertiary/aromatic N) is 2. The maximum atomic E-state index is 13.4. The van der Waals surface area contributed by atoms with E-state index in [2.05, 4.69) is 5.10 Å². The number of ether oxygens (including phenoxy) is 1. The molecular formula is C24H26N2O5S. The van der Waals surface area contributed by atoms with Gasteiger partial charge in [0.15, 0.2) is 28.0 Å². The van der Waals surface area contributed by atoms with Gasteiger partial charge in [0.2, 0.25) is 5.88 Å². The molecule has 0 unspecified atom stereocenters. The van der Waals surface area contributed by atoms with Crippen LogP contribution in [-0.4, -0.2) is 42.6 Å². The molecule has 3 aromatic rings. The molecule has 8 heteroatoms. The van der Waals surface area contributed by atoms with Gasteiger partial charge in [0.25, 0.3) is 0 Å². The molecule has 0 atom stereocenters. The highest BCUT2D eigenvalue weighted by Gasteiger charge is 2.26. The van der Waals surface area contributed by atoms with Crippen molar-refractivity contribution in [3.63, 3.8) is 0 Å². The van der Waals surface area contributed by atoms with Gasteiger partial charge in [-0.25, -0.2) is 13.1 Å². The topological polar surface area (TPSA) is 95.3 Å². The van der Waals surface area contributed by atoms with Crippen LogP contribution >= 0.6 is 0 Å². The summed E-state index contributed by atoms with van der Waals surface area (Å²) in [6.07, 6.45) is 2.58. The average Bonchev–Trinajstić information content (AvgIpc) is 3.16. The summed E-state index contributed by atoms with van der Waals surface area (Å²) in [5, 5.41) is 4.23. The van der Waals surface area contributed by atoms with Crippen molar-refractivity contribution in [1.82, 2.24) is 9.78 Å². The number of carbonyl (C=O) groups is 2. The Kier molecular flexibility index (Phi) is 6.64. The van der Waals surface area contributed by atoms with Crippen LogP contribution in [0.25, 0.3) is 0 Å². The van der Waals surface area contributed by atoms with E-state index in [-0.39, 0.29) is 34.5 Å². The lowest BCUT2D eigenvalue weighted by Gasteiger charge is -2.15. The van der Waals surface area contributed by atoms with Crippen LogP contribution < -0.4 is 4.74 Å². The van der Waals surface area contributed by atoms with E-state index >= 15 is 0 Å². The average molecular weight is 455 g/mol. The molecule has 0 bridgehead atoms. The van der Waals surface area contributed by atoms with E-state index in [1.165, 1.54) is 10.9 Å². The Labute approximate surface area is 187 Å². The largest absolute Gasteiger partial charge is 0.469 e. The zero-order valence-electron chi connectivity index (χ0n) is 18.8. The summed E-state index contributed by atoms with van der Waals surface area (Å²) in [5.74, 6) is -0.340. The first-order chi connectivity index (χ1) is 15.1. The Morgan fingerprint density at radius 1 is 1.03 bits per heavy atom. The van der Waals surface area contributed by atoms with Crippen molar-refractivity contribution in [2.45, 2.75) is 39.1 Å². The number of benzene rings is 2. The molecule has 32 heavy (non-hydrogen) atoms. The van der Waals surface area contributed by atoms with Crippen molar-refractivity contribution in [3.05, 3.63) is 76.0 Å². The summed E-state index contributed by atoms with van der Waals surface area (Å²) in [6.45, 7) is 7.16. The van der Waals surface area contributed by atoms with Gasteiger partial charge in [-0.15, -0.1) is 0 Å². The molecule has 0 aliphatic heterocycles. The minimum Gasteiger partial charge on any atom is -0.469 e. The Morgan fingerprint density at radius 2 is 1.69 bits per heavy atom. The second-order valence-electron chi connectivity index (χ2n) is 7.68. The van der Waals surface area contributed by atoms with Crippen LogP contribution in [0.1, 0.15) is 49.9 Å². The maximum absolute atomic E-state index is 13.4. The SMILES string of the molecule is CCn1ncc(C(=O)c2cc(C)c(S(C)(=O)=O)c(C)c2C)c1OCC(=O)c1ccccc1. The van der Waals surface area contributed by atoms with Crippen LogP contribution in [0.5, 0.6) is 5.88 Å². The van der Waals surface area contributed by atoms with E-state index in [1.807, 2.05) is 13.0 Å². The fourth-order valence-electron chi connectivity index (χ4n) is 3.76. The third-order valence-corrected chi connectivity index (χ3v) is 6.78. The maximum Gasteiger partial charge on any atom is 0.223 e. The minimum atomic E-state index is -3.44. The van der Waals surface area contributed by atoms with E-state index in [1.54, 1.807) is 51.1 Å². The van der Waals surface area contributed by atoms with E-state index in [0.717, 1.165) is 6.26 Å². The molecule has 0 amide bonds. The first kappa shape index (κ1) is 23.4. The number of hydrogen-bond acceptors (Lipinski definition) is 6. The molecule has 1 heterocycles. The van der Waals surface area contributed by atoms with Crippen LogP contribution in [0.15, 0.2) is 47.5 Å². The predicted octanol–water partition coefficient (Wildman–Crippen LogP) is 3.72. The summed E-state index contributed by atoms with van der Waals surface area (Å²) in [4.78, 5) is 26.1. The fraction of sp³-hybridized carbons (Fsp3) is 0.292. The number of Topliss-reactive ketones (excluding diaryl/α,β-unsaturated/α-hetero) is 1. The van der Waals surface area contributed by atoms with Crippen molar-refractivity contribution in [1.29, 1.82) is 0 Å². The van der Waals surface area contributed by atoms with Gasteiger partial charge in [-0.2, -0.15) is 5.10 Å². The monoisotopic (exact) mass is 454 g/mol. The van der Waals surface area contributed by atoms with Crippen LogP contribution in [0.4, 0.5) is 0 Å². The van der Waals surface area contributed by atoms with Crippen molar-refractivity contribution >= 4 is 21.4 Å². The summed E-state index contributed by atoms with van der Waals surface area (Å²) in [7, 11) is -3.44. The standard InChI is InChI=1S/C24H26N2O5S/c1-6-26-24(31-14-21(27)18-10-8-7-9-11-18)20(13-25-26)22(28)19-12-15(2)23(32(5,29)30)17(4)16(19)3/h7-13H,6,14H2,1-5H3. The van der Waals surface area contributed by atoms with Gasteiger partial charge in [0, 0.05) is 23.9 Å². The molecule has 0 saturated carbocycles. The van der Waals surface area contributed by atoms with E-state index in [9.17, 15) is 18.0 Å². The second kappa shape index (κ2) is 9.08. The lowest BCUT2D eigenvalue weighted by molar-refractivity contribution is 0.0907. The van der Waals surface area contributed by atoms with Gasteiger partial charge in [0.1, 0.15) is 5.56 Å². The first-order valence-corrected chi connectivity index (χ1v) is 12.1. The quantitative estimate of drug-likeness (QED) is 0.482. The molecule has 1 aromatic heterocycles. The fourth-order valence-corrected chi connectivity index (χ4v) is 5.11. The summed E-state index contributed by atoms with van der Waals surface area (Å²) >= 11 is 0. The number of rotatable bonds is 8. The number of ketones is 2. The van der Waals surface area contributed by atoms with E-state index in [0.29, 0.717) is 34.4 Å². The second-order valence-corrected chi connectivity index (χ2v) is 9.63. The number of aryl methyl sites for hydroxylation is 2. The molecule has 0 N–H and O–H groups in total. The van der Waals surface area contributed by atoms with Gasteiger partial charge in [-0.1, -0.05) is 30.3 Å². The third-order valence-electron chi connectivity index (χ3n) is 5.41. The summed E-state index contributed by atoms with van der Waals surface area (Å²) in [6, 6.07) is 10.4. The number of carbonyl (C=O) groups excluding carboxylic acids is 2. The van der Waals surface area contributed by atoms with Crippen LogP contribution in [0, 0.1) is 20.8 Å². The predicted molar refractivity (Wildman–Crippen MR) is 121 cm³/mol. The lowest BCUT2D eigenvalue weighted by atomic mass is 9.95. The molecule has 0 fully saturated rings. The van der Waals surface area contributed by atoms with Gasteiger partial charge in [-0.3, -0.25) is 9.59 Å². The van der Waals surface area contributed by atoms with Gasteiger partial charge in [0.05, 0.1) is 11.1 Å². The summed E-state index contributed by atoms with van der Waals surface area (Å²) in [5.41, 5.74) is 2.74. The Morgan fingerprint density at radius 3 is 2.28 bits per heavy atom. The lowest BCUT2D eigenvalue weighted by Crippen LogP contribution is -2.16. The highest BCUT2D eigenvalue weighted by molar-refractivity contribution is 7.90. The van der Waals surface area contributed by atoms with Crippen molar-refractivity contribution in [3.8, 4) is 5.88 Å². The Bertz CT molecular complexity index is 1290. The first-order valence-electron chi connectivity index (χ1n) is 10.2. The van der Waals surface area contributed by atoms with Gasteiger partial charge >= 0.3 is 0 Å². The van der Waals surface area contributed by atoms with Crippen LogP contribution in [0.2, 0.25) is 0 Å². The highest BCUT2D eigenvalue weighted by atomic mass is 32.2. The minimum absolute atomic E-state index is 0.212. The molecule has 0 aliphatic carbocycles. The number of sulfone groups is 1. The smallest absolute Gasteiger partial charge is 0.223 e. The highest BCUT2D eigenvalue weighted by Crippen LogP contribution is 2.30. The van der Waals surface area contributed by atoms with Crippen molar-refractivity contribution < 1.29 is 22.7 Å². The third kappa shape index (κ3) is 4.50. The van der Waals surface area contributed by atoms with Crippen molar-refractivity contribution in [2.24, 2.45) is 0 Å². The summed E-state index contributed by atoms with van der Waals surface area (Å²) < 4.78 is 31.7. The van der Waals surface area contributed by atoms with Gasteiger partial charge in [-0.05, 0) is 50.5 Å². The van der Waals surface area contributed by atoms with Crippen LogP contribution in [0.3, 0.4) is 0 Å². The van der Waals surface area contributed by atoms with Crippen molar-refractivity contribution in [2.75, 3.05) is 12.9 Å².